The Bertz CT molecular complexity index is 373. The molecule has 0 radical (unpaired) electrons. The highest BCUT2D eigenvalue weighted by molar-refractivity contribution is 5.29. The Morgan fingerprint density at radius 2 is 1.95 bits per heavy atom. The van der Waals surface area contributed by atoms with Crippen LogP contribution in [-0.4, -0.2) is 26.4 Å². The van der Waals surface area contributed by atoms with E-state index >= 15 is 0 Å². The van der Waals surface area contributed by atoms with Crippen molar-refractivity contribution in [3.05, 3.63) is 29.8 Å². The summed E-state index contributed by atoms with van der Waals surface area (Å²) in [7, 11) is 0. The van der Waals surface area contributed by atoms with Gasteiger partial charge in [-0.05, 0) is 56.3 Å². The first-order chi connectivity index (χ1) is 9.83. The number of ether oxygens (including phenoxy) is 2. The summed E-state index contributed by atoms with van der Waals surface area (Å²) < 4.78 is 11.3. The molecule has 1 fully saturated rings. The van der Waals surface area contributed by atoms with Crippen molar-refractivity contribution in [3.63, 3.8) is 0 Å². The van der Waals surface area contributed by atoms with Gasteiger partial charge in [0.1, 0.15) is 5.75 Å². The molecule has 0 bridgehead atoms. The third-order valence-electron chi connectivity index (χ3n) is 3.57. The zero-order valence-electron chi connectivity index (χ0n) is 12.7. The maximum atomic E-state index is 5.86. The second-order valence-electron chi connectivity index (χ2n) is 5.49. The summed E-state index contributed by atoms with van der Waals surface area (Å²) in [6.45, 7) is 7.59. The molecule has 112 valence electrons. The van der Waals surface area contributed by atoms with E-state index in [1.54, 1.807) is 0 Å². The van der Waals surface area contributed by atoms with E-state index in [1.807, 2.05) is 19.1 Å². The molecule has 0 spiro atoms. The Morgan fingerprint density at radius 1 is 1.20 bits per heavy atom. The average Bonchev–Trinajstić information content (AvgIpc) is 3.28. The van der Waals surface area contributed by atoms with E-state index in [-0.39, 0.29) is 6.04 Å². The van der Waals surface area contributed by atoms with Crippen molar-refractivity contribution >= 4 is 0 Å². The number of rotatable bonds is 10. The molecule has 1 aliphatic rings. The van der Waals surface area contributed by atoms with Crippen molar-refractivity contribution in [3.8, 4) is 5.75 Å². The monoisotopic (exact) mass is 277 g/mol. The minimum Gasteiger partial charge on any atom is -0.494 e. The normalized spacial score (nSPS) is 16.1. The first-order valence-electron chi connectivity index (χ1n) is 7.87. The molecule has 1 aliphatic carbocycles. The van der Waals surface area contributed by atoms with Crippen LogP contribution in [0.1, 0.15) is 44.7 Å². The molecule has 1 aromatic rings. The SMILES string of the molecule is CCCNC(COCC1CC1)c1ccc(OCC)cc1. The molecule has 20 heavy (non-hydrogen) atoms. The number of benzene rings is 1. The van der Waals surface area contributed by atoms with Crippen LogP contribution in [0.2, 0.25) is 0 Å². The Kier molecular flexibility index (Phi) is 6.34. The first-order valence-corrected chi connectivity index (χ1v) is 7.87. The van der Waals surface area contributed by atoms with Gasteiger partial charge in [-0.25, -0.2) is 0 Å². The van der Waals surface area contributed by atoms with Crippen LogP contribution in [-0.2, 0) is 4.74 Å². The molecule has 0 heterocycles. The van der Waals surface area contributed by atoms with Crippen LogP contribution < -0.4 is 10.1 Å². The van der Waals surface area contributed by atoms with E-state index in [2.05, 4.69) is 24.4 Å². The second kappa shape index (κ2) is 8.28. The molecule has 0 saturated heterocycles. The third-order valence-corrected chi connectivity index (χ3v) is 3.57. The van der Waals surface area contributed by atoms with Gasteiger partial charge in [0.05, 0.1) is 19.3 Å². The first kappa shape index (κ1) is 15.3. The highest BCUT2D eigenvalue weighted by Crippen LogP contribution is 2.29. The van der Waals surface area contributed by atoms with Crippen LogP contribution in [0.4, 0.5) is 0 Å². The van der Waals surface area contributed by atoms with Gasteiger partial charge in [0, 0.05) is 6.61 Å². The van der Waals surface area contributed by atoms with Gasteiger partial charge in [0.25, 0.3) is 0 Å². The van der Waals surface area contributed by atoms with Crippen LogP contribution >= 0.6 is 0 Å². The largest absolute Gasteiger partial charge is 0.494 e. The molecule has 0 amide bonds. The molecule has 0 aromatic heterocycles. The van der Waals surface area contributed by atoms with Crippen molar-refractivity contribution in [1.82, 2.24) is 5.32 Å². The van der Waals surface area contributed by atoms with E-state index in [9.17, 15) is 0 Å². The number of hydrogen-bond acceptors (Lipinski definition) is 3. The fourth-order valence-electron chi connectivity index (χ4n) is 2.19. The summed E-state index contributed by atoms with van der Waals surface area (Å²) in [6.07, 6.45) is 3.82. The lowest BCUT2D eigenvalue weighted by Gasteiger charge is -2.19. The van der Waals surface area contributed by atoms with Gasteiger partial charge >= 0.3 is 0 Å². The van der Waals surface area contributed by atoms with Gasteiger partial charge in [-0.2, -0.15) is 0 Å². The van der Waals surface area contributed by atoms with Crippen LogP contribution in [0.5, 0.6) is 5.75 Å². The highest BCUT2D eigenvalue weighted by atomic mass is 16.5. The third kappa shape index (κ3) is 5.14. The lowest BCUT2D eigenvalue weighted by atomic mass is 10.1. The maximum Gasteiger partial charge on any atom is 0.119 e. The van der Waals surface area contributed by atoms with Crippen LogP contribution in [0.3, 0.4) is 0 Å². The van der Waals surface area contributed by atoms with Crippen molar-refractivity contribution in [1.29, 1.82) is 0 Å². The van der Waals surface area contributed by atoms with Crippen molar-refractivity contribution < 1.29 is 9.47 Å². The fourth-order valence-corrected chi connectivity index (χ4v) is 2.19. The lowest BCUT2D eigenvalue weighted by Crippen LogP contribution is -2.26. The molecule has 1 N–H and O–H groups in total. The van der Waals surface area contributed by atoms with E-state index < -0.39 is 0 Å². The Hall–Kier alpha value is -1.06. The van der Waals surface area contributed by atoms with Gasteiger partial charge in [0.15, 0.2) is 0 Å². The molecule has 3 nitrogen and oxygen atoms in total. The van der Waals surface area contributed by atoms with Crippen LogP contribution in [0.25, 0.3) is 0 Å². The smallest absolute Gasteiger partial charge is 0.119 e. The highest BCUT2D eigenvalue weighted by Gasteiger charge is 2.22. The lowest BCUT2D eigenvalue weighted by molar-refractivity contribution is 0.103. The van der Waals surface area contributed by atoms with E-state index in [1.165, 1.54) is 18.4 Å². The van der Waals surface area contributed by atoms with Gasteiger partial charge in [-0.1, -0.05) is 19.1 Å². The Balaban J connectivity index is 1.88. The molecule has 2 rings (SSSR count). The molecule has 3 heteroatoms. The summed E-state index contributed by atoms with van der Waals surface area (Å²) in [6, 6.07) is 8.64. The summed E-state index contributed by atoms with van der Waals surface area (Å²) in [4.78, 5) is 0. The molecular weight excluding hydrogens is 250 g/mol. The molecule has 1 atom stereocenters. The van der Waals surface area contributed by atoms with E-state index in [4.69, 9.17) is 9.47 Å². The van der Waals surface area contributed by atoms with Crippen molar-refractivity contribution in [2.24, 2.45) is 5.92 Å². The molecule has 1 unspecified atom stereocenters. The zero-order valence-corrected chi connectivity index (χ0v) is 12.7. The number of nitrogens with one attached hydrogen (secondary N) is 1. The Labute approximate surface area is 122 Å². The van der Waals surface area contributed by atoms with Crippen LogP contribution in [0.15, 0.2) is 24.3 Å². The van der Waals surface area contributed by atoms with Crippen molar-refractivity contribution in [2.75, 3.05) is 26.4 Å². The topological polar surface area (TPSA) is 30.5 Å². The quantitative estimate of drug-likeness (QED) is 0.709. The summed E-state index contributed by atoms with van der Waals surface area (Å²) in [5.74, 6) is 1.76. The zero-order chi connectivity index (χ0) is 14.2. The van der Waals surface area contributed by atoms with E-state index in [0.717, 1.165) is 37.8 Å². The predicted octanol–water partition coefficient (Wildman–Crippen LogP) is 3.55. The summed E-state index contributed by atoms with van der Waals surface area (Å²) >= 11 is 0. The fraction of sp³-hybridized carbons (Fsp3) is 0.647. The summed E-state index contributed by atoms with van der Waals surface area (Å²) in [5.41, 5.74) is 1.28. The molecular formula is C17H27NO2. The average molecular weight is 277 g/mol. The molecule has 0 aliphatic heterocycles. The molecule has 1 aromatic carbocycles. The molecule has 1 saturated carbocycles. The van der Waals surface area contributed by atoms with Gasteiger partial charge in [0.2, 0.25) is 0 Å². The minimum atomic E-state index is 0.282. The predicted molar refractivity (Wildman–Crippen MR) is 82.2 cm³/mol. The van der Waals surface area contributed by atoms with E-state index in [0.29, 0.717) is 6.61 Å². The maximum absolute atomic E-state index is 5.86. The Morgan fingerprint density at radius 3 is 2.55 bits per heavy atom. The number of hydrogen-bond donors (Lipinski definition) is 1. The van der Waals surface area contributed by atoms with Gasteiger partial charge in [-0.3, -0.25) is 0 Å². The standard InChI is InChI=1S/C17H27NO2/c1-3-11-18-17(13-19-12-14-5-6-14)15-7-9-16(10-8-15)20-4-2/h7-10,14,17-18H,3-6,11-13H2,1-2H3. The van der Waals surface area contributed by atoms with Crippen LogP contribution in [0, 0.1) is 5.92 Å². The van der Waals surface area contributed by atoms with Gasteiger partial charge < -0.3 is 14.8 Å². The van der Waals surface area contributed by atoms with Crippen molar-refractivity contribution in [2.45, 2.75) is 39.2 Å². The second-order valence-corrected chi connectivity index (χ2v) is 5.49. The van der Waals surface area contributed by atoms with Gasteiger partial charge in [-0.15, -0.1) is 0 Å². The minimum absolute atomic E-state index is 0.282. The summed E-state index contributed by atoms with van der Waals surface area (Å²) in [5, 5.41) is 3.57.